The Balaban J connectivity index is 1.27. The number of rotatable bonds is 10. The quantitative estimate of drug-likeness (QED) is 0.191. The van der Waals surface area contributed by atoms with Crippen LogP contribution < -0.4 is 16.4 Å². The van der Waals surface area contributed by atoms with Crippen LogP contribution in [0, 0.1) is 18.7 Å². The third-order valence-electron chi connectivity index (χ3n) is 7.55. The Morgan fingerprint density at radius 2 is 1.87 bits per heavy atom. The second kappa shape index (κ2) is 12.2. The largest absolute Gasteiger partial charge is 0.398 e. The number of nitrogens with two attached hydrogens (primary N) is 1. The van der Waals surface area contributed by atoms with Gasteiger partial charge in [-0.15, -0.1) is 0 Å². The van der Waals surface area contributed by atoms with Crippen molar-refractivity contribution in [3.63, 3.8) is 0 Å². The summed E-state index contributed by atoms with van der Waals surface area (Å²) in [6, 6.07) is 16.8. The van der Waals surface area contributed by atoms with Crippen LogP contribution in [-0.2, 0) is 13.0 Å². The van der Waals surface area contributed by atoms with Gasteiger partial charge in [-0.2, -0.15) is 0 Å². The zero-order valence-electron chi connectivity index (χ0n) is 22.5. The van der Waals surface area contributed by atoms with Crippen molar-refractivity contribution in [1.82, 2.24) is 15.3 Å². The molecule has 2 aromatic heterocycles. The van der Waals surface area contributed by atoms with Gasteiger partial charge in [0.15, 0.2) is 0 Å². The Kier molecular flexibility index (Phi) is 8.33. The van der Waals surface area contributed by atoms with E-state index >= 15 is 0 Å². The summed E-state index contributed by atoms with van der Waals surface area (Å²) in [5, 5.41) is 6.96. The Hall–Kier alpha value is -4.03. The van der Waals surface area contributed by atoms with Gasteiger partial charge in [-0.05, 0) is 102 Å². The molecule has 0 unspecified atom stereocenters. The molecule has 5 rings (SSSR count). The van der Waals surface area contributed by atoms with Crippen molar-refractivity contribution in [2.24, 2.45) is 5.92 Å². The minimum absolute atomic E-state index is 0.265. The van der Waals surface area contributed by atoms with Crippen molar-refractivity contribution in [3.05, 3.63) is 108 Å². The summed E-state index contributed by atoms with van der Waals surface area (Å²) in [6.07, 6.45) is 11.5. The molecule has 1 fully saturated rings. The Morgan fingerprint density at radius 3 is 2.69 bits per heavy atom. The highest BCUT2D eigenvalue weighted by atomic mass is 19.1. The second-order valence-corrected chi connectivity index (χ2v) is 10.5. The monoisotopic (exact) mass is 521 g/mol. The van der Waals surface area contributed by atoms with E-state index in [9.17, 15) is 4.39 Å². The van der Waals surface area contributed by atoms with Gasteiger partial charge in [-0.3, -0.25) is 4.98 Å². The minimum atomic E-state index is -0.265. The maximum absolute atomic E-state index is 13.8. The lowest BCUT2D eigenvalue weighted by molar-refractivity contribution is 0.489. The van der Waals surface area contributed by atoms with Crippen molar-refractivity contribution in [3.8, 4) is 22.3 Å². The molecule has 2 heterocycles. The molecule has 4 N–H and O–H groups in total. The first-order valence-electron chi connectivity index (χ1n) is 13.7. The molecule has 1 saturated carbocycles. The Bertz CT molecular complexity index is 1460. The molecule has 0 atom stereocenters. The number of nitrogens with one attached hydrogen (secondary N) is 2. The fourth-order valence-electron chi connectivity index (χ4n) is 5.39. The van der Waals surface area contributed by atoms with Crippen LogP contribution in [0.3, 0.4) is 0 Å². The van der Waals surface area contributed by atoms with E-state index in [1.54, 1.807) is 12.3 Å². The van der Waals surface area contributed by atoms with E-state index in [-0.39, 0.29) is 5.82 Å². The highest BCUT2D eigenvalue weighted by molar-refractivity contribution is 5.72. The van der Waals surface area contributed by atoms with Crippen molar-refractivity contribution in [2.45, 2.75) is 45.6 Å². The lowest BCUT2D eigenvalue weighted by Crippen LogP contribution is -2.20. The van der Waals surface area contributed by atoms with Crippen LogP contribution in [0.15, 0.2) is 85.5 Å². The van der Waals surface area contributed by atoms with Crippen LogP contribution >= 0.6 is 0 Å². The topological polar surface area (TPSA) is 75.9 Å². The summed E-state index contributed by atoms with van der Waals surface area (Å²) < 4.78 is 13.8. The van der Waals surface area contributed by atoms with Crippen molar-refractivity contribution < 1.29 is 4.39 Å². The minimum Gasteiger partial charge on any atom is -0.398 e. The predicted octanol–water partition coefficient (Wildman–Crippen LogP) is 7.29. The van der Waals surface area contributed by atoms with E-state index in [4.69, 9.17) is 5.73 Å². The van der Waals surface area contributed by atoms with E-state index in [2.05, 4.69) is 39.3 Å². The van der Waals surface area contributed by atoms with Gasteiger partial charge in [0.1, 0.15) is 11.6 Å². The highest BCUT2D eigenvalue weighted by Crippen LogP contribution is 2.30. The lowest BCUT2D eigenvalue weighted by atomic mass is 9.99. The fourth-order valence-corrected chi connectivity index (χ4v) is 5.39. The van der Waals surface area contributed by atoms with E-state index < -0.39 is 0 Å². The summed E-state index contributed by atoms with van der Waals surface area (Å²) in [5.74, 6) is 1.24. The summed E-state index contributed by atoms with van der Waals surface area (Å²) in [4.78, 5) is 9.00. The number of anilines is 2. The maximum atomic E-state index is 13.8. The molecule has 6 heteroatoms. The standard InChI is InChI=1S/C33H36FN5/c1-22(39-33-23(2)31(12-13-38-33)27-8-5-9-30(34)17-27)14-28-16-26(10-11-32(28)35)29-15-25(20-37-21-29)19-36-18-24-6-3-4-7-24/h5,8-13,15-17,20-21,24,36H,1,3-4,6-7,14,18-19,35H2,2H3,(H,38,39). The zero-order chi connectivity index (χ0) is 27.2. The van der Waals surface area contributed by atoms with Crippen molar-refractivity contribution in [1.29, 1.82) is 0 Å². The normalized spacial score (nSPS) is 13.5. The average molecular weight is 522 g/mol. The van der Waals surface area contributed by atoms with Gasteiger partial charge < -0.3 is 16.4 Å². The highest BCUT2D eigenvalue weighted by Gasteiger charge is 2.14. The SMILES string of the molecule is C=C(Cc1cc(-c2cncc(CNCC3CCCC3)c2)ccc1N)Nc1nccc(-c2cccc(F)c2)c1C. The Labute approximate surface area is 230 Å². The number of hydrogen-bond acceptors (Lipinski definition) is 5. The molecule has 2 aromatic carbocycles. The van der Waals surface area contributed by atoms with Gasteiger partial charge in [0.2, 0.25) is 0 Å². The number of benzene rings is 2. The summed E-state index contributed by atoms with van der Waals surface area (Å²) in [6.45, 7) is 8.11. The van der Waals surface area contributed by atoms with Gasteiger partial charge in [0.25, 0.3) is 0 Å². The molecule has 0 amide bonds. The van der Waals surface area contributed by atoms with Crippen molar-refractivity contribution >= 4 is 11.5 Å². The zero-order valence-corrected chi connectivity index (χ0v) is 22.5. The second-order valence-electron chi connectivity index (χ2n) is 10.5. The van der Waals surface area contributed by atoms with Crippen molar-refractivity contribution in [2.75, 3.05) is 17.6 Å². The third kappa shape index (κ3) is 6.70. The summed E-state index contributed by atoms with van der Waals surface area (Å²) >= 11 is 0. The predicted molar refractivity (Wildman–Crippen MR) is 159 cm³/mol. The van der Waals surface area contributed by atoms with Gasteiger partial charge >= 0.3 is 0 Å². The van der Waals surface area contributed by atoms with E-state index in [1.165, 1.54) is 43.4 Å². The molecule has 200 valence electrons. The third-order valence-corrected chi connectivity index (χ3v) is 7.55. The smallest absolute Gasteiger partial charge is 0.133 e. The molecule has 1 aliphatic rings. The first-order valence-corrected chi connectivity index (χ1v) is 13.7. The maximum Gasteiger partial charge on any atom is 0.133 e. The fraction of sp³-hybridized carbons (Fsp3) is 0.273. The summed E-state index contributed by atoms with van der Waals surface area (Å²) in [5.41, 5.74) is 14.8. The Morgan fingerprint density at radius 1 is 1.03 bits per heavy atom. The van der Waals surface area contributed by atoms with Gasteiger partial charge in [-0.25, -0.2) is 9.37 Å². The van der Waals surface area contributed by atoms with Crippen LogP contribution in [0.1, 0.15) is 42.4 Å². The first-order chi connectivity index (χ1) is 19.0. The molecule has 0 spiro atoms. The lowest BCUT2D eigenvalue weighted by Gasteiger charge is -2.16. The molecular formula is C33H36FN5. The van der Waals surface area contributed by atoms with Crippen LogP contribution in [0.25, 0.3) is 22.3 Å². The molecule has 5 nitrogen and oxygen atoms in total. The number of nitrogen functional groups attached to an aromatic ring is 1. The van der Waals surface area contributed by atoms with Gasteiger partial charge in [-0.1, -0.05) is 37.6 Å². The number of halogens is 1. The number of nitrogens with zero attached hydrogens (tertiary/aromatic N) is 2. The van der Waals surface area contributed by atoms with Gasteiger partial charge in [0.05, 0.1) is 0 Å². The van der Waals surface area contributed by atoms with Crippen LogP contribution in [-0.4, -0.2) is 16.5 Å². The van der Waals surface area contributed by atoms with E-state index in [0.29, 0.717) is 17.9 Å². The molecule has 0 bridgehead atoms. The molecule has 1 aliphatic carbocycles. The molecule has 0 aliphatic heterocycles. The van der Waals surface area contributed by atoms with E-state index in [1.807, 2.05) is 43.6 Å². The number of pyridine rings is 2. The molecule has 4 aromatic rings. The van der Waals surface area contributed by atoms with Gasteiger partial charge in [0, 0.05) is 48.5 Å². The molecule has 0 radical (unpaired) electrons. The number of hydrogen-bond donors (Lipinski definition) is 3. The van der Waals surface area contributed by atoms with Crippen LogP contribution in [0.2, 0.25) is 0 Å². The average Bonchev–Trinajstić information content (AvgIpc) is 3.45. The van der Waals surface area contributed by atoms with Crippen LogP contribution in [0.4, 0.5) is 15.9 Å². The first kappa shape index (κ1) is 26.6. The molecular weight excluding hydrogens is 485 g/mol. The molecule has 0 saturated heterocycles. The van der Waals surface area contributed by atoms with E-state index in [0.717, 1.165) is 58.1 Å². The number of aromatic nitrogens is 2. The molecule has 39 heavy (non-hydrogen) atoms. The summed E-state index contributed by atoms with van der Waals surface area (Å²) in [7, 11) is 0. The van der Waals surface area contributed by atoms with Crippen LogP contribution in [0.5, 0.6) is 0 Å². The number of allylic oxidation sites excluding steroid dienone is 1.